The molecule has 0 heterocycles. The molecule has 0 radical (unpaired) electrons. The van der Waals surface area contributed by atoms with Crippen molar-refractivity contribution in [3.05, 3.63) is 48.0 Å². The first-order chi connectivity index (χ1) is 9.18. The van der Waals surface area contributed by atoms with E-state index in [0.717, 1.165) is 12.0 Å². The standard InChI is InChI=1S/C16H18O3/c1-19-15(18)16(10-11-7-8-13(16)9-11)14(17)12-5-3-2-4-6-12/h2-8,11,13-14,17H,9-10H2,1H3/t11-,13+,14-,16-/m1/s1. The van der Waals surface area contributed by atoms with Crippen molar-refractivity contribution < 1.29 is 14.6 Å². The summed E-state index contributed by atoms with van der Waals surface area (Å²) in [6, 6.07) is 9.40. The van der Waals surface area contributed by atoms with E-state index in [1.807, 2.05) is 30.3 Å². The molecule has 1 N–H and O–H groups in total. The molecule has 0 amide bonds. The molecule has 2 aliphatic carbocycles. The van der Waals surface area contributed by atoms with Crippen molar-refractivity contribution in [3.8, 4) is 0 Å². The number of carbonyl (C=O) groups excluding carboxylic acids is 1. The Balaban J connectivity index is 2.02. The lowest BCUT2D eigenvalue weighted by atomic mass is 9.69. The van der Waals surface area contributed by atoms with Gasteiger partial charge in [-0.15, -0.1) is 0 Å². The third-order valence-corrected chi connectivity index (χ3v) is 4.60. The van der Waals surface area contributed by atoms with Crippen LogP contribution in [-0.4, -0.2) is 18.2 Å². The highest BCUT2D eigenvalue weighted by Crippen LogP contribution is 2.58. The van der Waals surface area contributed by atoms with Crippen molar-refractivity contribution in [2.75, 3.05) is 7.11 Å². The number of carbonyl (C=O) groups is 1. The minimum atomic E-state index is -0.810. The van der Waals surface area contributed by atoms with Gasteiger partial charge in [-0.3, -0.25) is 4.79 Å². The number of allylic oxidation sites excluding steroid dienone is 2. The van der Waals surface area contributed by atoms with Crippen molar-refractivity contribution in [2.24, 2.45) is 17.3 Å². The molecule has 1 fully saturated rings. The molecule has 2 aliphatic rings. The molecule has 0 spiro atoms. The lowest BCUT2D eigenvalue weighted by Gasteiger charge is -2.37. The van der Waals surface area contributed by atoms with E-state index in [1.165, 1.54) is 7.11 Å². The topological polar surface area (TPSA) is 46.5 Å². The molecule has 19 heavy (non-hydrogen) atoms. The Kier molecular flexibility index (Phi) is 2.94. The normalized spacial score (nSPS) is 33.4. The second kappa shape index (κ2) is 4.49. The molecule has 100 valence electrons. The van der Waals surface area contributed by atoms with Gasteiger partial charge in [0.1, 0.15) is 5.41 Å². The maximum absolute atomic E-state index is 12.3. The minimum Gasteiger partial charge on any atom is -0.468 e. The molecule has 0 aliphatic heterocycles. The first-order valence-electron chi connectivity index (χ1n) is 6.68. The zero-order valence-corrected chi connectivity index (χ0v) is 11.0. The number of ether oxygens (including phenoxy) is 1. The Morgan fingerprint density at radius 1 is 1.37 bits per heavy atom. The Morgan fingerprint density at radius 3 is 2.63 bits per heavy atom. The van der Waals surface area contributed by atoms with Crippen LogP contribution >= 0.6 is 0 Å². The summed E-state index contributed by atoms with van der Waals surface area (Å²) >= 11 is 0. The number of benzene rings is 1. The second-order valence-electron chi connectivity index (χ2n) is 5.54. The van der Waals surface area contributed by atoms with Crippen LogP contribution in [0.5, 0.6) is 0 Å². The smallest absolute Gasteiger partial charge is 0.315 e. The fraction of sp³-hybridized carbons (Fsp3) is 0.438. The molecular weight excluding hydrogens is 240 g/mol. The van der Waals surface area contributed by atoms with Gasteiger partial charge in [-0.25, -0.2) is 0 Å². The van der Waals surface area contributed by atoms with Crippen LogP contribution in [0.2, 0.25) is 0 Å². The molecule has 3 nitrogen and oxygen atoms in total. The van der Waals surface area contributed by atoms with Crippen LogP contribution in [-0.2, 0) is 9.53 Å². The van der Waals surface area contributed by atoms with Gasteiger partial charge in [0.05, 0.1) is 13.2 Å². The van der Waals surface area contributed by atoms with Crippen LogP contribution in [0.3, 0.4) is 0 Å². The van der Waals surface area contributed by atoms with Crippen LogP contribution < -0.4 is 0 Å². The first kappa shape index (κ1) is 12.4. The molecule has 3 heteroatoms. The van der Waals surface area contributed by atoms with E-state index >= 15 is 0 Å². The van der Waals surface area contributed by atoms with Crippen LogP contribution in [0.4, 0.5) is 0 Å². The van der Waals surface area contributed by atoms with Gasteiger partial charge in [-0.1, -0.05) is 42.5 Å². The van der Waals surface area contributed by atoms with Gasteiger partial charge in [-0.2, -0.15) is 0 Å². The summed E-state index contributed by atoms with van der Waals surface area (Å²) in [5.74, 6) is 0.184. The number of esters is 1. The third-order valence-electron chi connectivity index (χ3n) is 4.60. The van der Waals surface area contributed by atoms with Crippen LogP contribution in [0.15, 0.2) is 42.5 Å². The van der Waals surface area contributed by atoms with Crippen LogP contribution in [0, 0.1) is 17.3 Å². The van der Waals surface area contributed by atoms with Crippen molar-refractivity contribution in [1.82, 2.24) is 0 Å². The van der Waals surface area contributed by atoms with Gasteiger partial charge in [-0.05, 0) is 30.2 Å². The highest BCUT2D eigenvalue weighted by atomic mass is 16.5. The molecule has 0 aromatic heterocycles. The van der Waals surface area contributed by atoms with Crippen molar-refractivity contribution in [2.45, 2.75) is 18.9 Å². The molecule has 0 saturated heterocycles. The summed E-state index contributed by atoms with van der Waals surface area (Å²) in [6.07, 6.45) is 5.04. The molecule has 3 rings (SSSR count). The van der Waals surface area contributed by atoms with Gasteiger partial charge >= 0.3 is 5.97 Å². The third kappa shape index (κ3) is 1.72. The van der Waals surface area contributed by atoms with E-state index in [9.17, 15) is 9.90 Å². The number of fused-ring (bicyclic) bond motifs is 2. The summed E-state index contributed by atoms with van der Waals surface area (Å²) in [5.41, 5.74) is -0.0240. The molecular formula is C16H18O3. The Morgan fingerprint density at radius 2 is 2.11 bits per heavy atom. The van der Waals surface area contributed by atoms with E-state index in [2.05, 4.69) is 12.2 Å². The van der Waals surface area contributed by atoms with Gasteiger partial charge < -0.3 is 9.84 Å². The predicted octanol–water partition coefficient (Wildman–Crippen LogP) is 2.48. The monoisotopic (exact) mass is 258 g/mol. The molecule has 1 aromatic carbocycles. The van der Waals surface area contributed by atoms with E-state index in [1.54, 1.807) is 0 Å². The fourth-order valence-corrected chi connectivity index (χ4v) is 3.68. The van der Waals surface area contributed by atoms with E-state index in [-0.39, 0.29) is 11.9 Å². The number of aliphatic hydroxyl groups excluding tert-OH is 1. The number of methoxy groups -OCH3 is 1. The number of hydrogen-bond acceptors (Lipinski definition) is 3. The highest BCUT2D eigenvalue weighted by Gasteiger charge is 2.58. The Bertz CT molecular complexity index is 508. The predicted molar refractivity (Wildman–Crippen MR) is 71.2 cm³/mol. The molecule has 1 aromatic rings. The minimum absolute atomic E-state index is 0.0835. The lowest BCUT2D eigenvalue weighted by Crippen LogP contribution is -2.42. The number of aliphatic hydroxyl groups is 1. The molecule has 1 saturated carbocycles. The second-order valence-corrected chi connectivity index (χ2v) is 5.54. The quantitative estimate of drug-likeness (QED) is 0.669. The molecule has 0 unspecified atom stereocenters. The summed E-state index contributed by atoms with van der Waals surface area (Å²) in [4.78, 5) is 12.3. The van der Waals surface area contributed by atoms with Crippen molar-refractivity contribution >= 4 is 5.97 Å². The average Bonchev–Trinajstić information content (AvgIpc) is 3.07. The number of hydrogen-bond donors (Lipinski definition) is 1. The van der Waals surface area contributed by atoms with Gasteiger partial charge in [0.2, 0.25) is 0 Å². The van der Waals surface area contributed by atoms with E-state index in [0.29, 0.717) is 12.3 Å². The maximum atomic E-state index is 12.3. The maximum Gasteiger partial charge on any atom is 0.315 e. The highest BCUT2D eigenvalue weighted by molar-refractivity contribution is 5.79. The summed E-state index contributed by atoms with van der Waals surface area (Å²) < 4.78 is 5.00. The zero-order chi connectivity index (χ0) is 13.5. The van der Waals surface area contributed by atoms with Crippen molar-refractivity contribution in [3.63, 3.8) is 0 Å². The van der Waals surface area contributed by atoms with Gasteiger partial charge in [0.15, 0.2) is 0 Å². The zero-order valence-electron chi connectivity index (χ0n) is 11.0. The molecule has 2 bridgehead atoms. The summed E-state index contributed by atoms with van der Waals surface area (Å²) in [7, 11) is 1.40. The Labute approximate surface area is 112 Å². The van der Waals surface area contributed by atoms with Crippen molar-refractivity contribution in [1.29, 1.82) is 0 Å². The first-order valence-corrected chi connectivity index (χ1v) is 6.68. The number of rotatable bonds is 3. The van der Waals surface area contributed by atoms with E-state index in [4.69, 9.17) is 4.74 Å². The van der Waals surface area contributed by atoms with Crippen LogP contribution in [0.25, 0.3) is 0 Å². The van der Waals surface area contributed by atoms with E-state index < -0.39 is 11.5 Å². The van der Waals surface area contributed by atoms with Gasteiger partial charge in [0, 0.05) is 0 Å². The lowest BCUT2D eigenvalue weighted by molar-refractivity contribution is -0.164. The Hall–Kier alpha value is -1.61. The SMILES string of the molecule is COC(=O)[C@]1([C@H](O)c2ccccc2)C[C@@H]2C=C[C@H]1C2. The largest absolute Gasteiger partial charge is 0.468 e. The summed E-state index contributed by atoms with van der Waals surface area (Å²) in [5, 5.41) is 10.8. The fourth-order valence-electron chi connectivity index (χ4n) is 3.68. The summed E-state index contributed by atoms with van der Waals surface area (Å²) in [6.45, 7) is 0. The average molecular weight is 258 g/mol. The molecule has 4 atom stereocenters. The van der Waals surface area contributed by atoms with Gasteiger partial charge in [0.25, 0.3) is 0 Å². The van der Waals surface area contributed by atoms with Crippen LogP contribution in [0.1, 0.15) is 24.5 Å².